The van der Waals surface area contributed by atoms with Crippen molar-refractivity contribution in [2.45, 2.75) is 26.2 Å². The van der Waals surface area contributed by atoms with Crippen molar-refractivity contribution >= 4 is 0 Å². The van der Waals surface area contributed by atoms with Gasteiger partial charge in [-0.3, -0.25) is 0 Å². The molecular weight excluding hydrogens is 162 g/mol. The number of rotatable bonds is 4. The molecule has 1 saturated heterocycles. The molecule has 0 aromatic heterocycles. The normalized spacial score (nSPS) is 23.3. The Morgan fingerprint density at radius 3 is 2.23 bits per heavy atom. The van der Waals surface area contributed by atoms with Crippen LogP contribution in [0.4, 0.5) is 0 Å². The lowest BCUT2D eigenvalue weighted by Crippen LogP contribution is -2.44. The summed E-state index contributed by atoms with van der Waals surface area (Å²) in [6.45, 7) is 7.38. The Morgan fingerprint density at radius 1 is 1.23 bits per heavy atom. The average molecular weight is 185 g/mol. The number of likely N-dealkylation sites (tertiary alicyclic amines) is 1. The maximum absolute atomic E-state index is 5.84. The van der Waals surface area contributed by atoms with E-state index in [0.717, 1.165) is 19.5 Å². The van der Waals surface area contributed by atoms with Gasteiger partial charge < -0.3 is 16.4 Å². The summed E-state index contributed by atoms with van der Waals surface area (Å²) in [6.07, 6.45) is 3.56. The third-order valence-electron chi connectivity index (χ3n) is 3.47. The minimum Gasteiger partial charge on any atom is -0.330 e. The molecule has 4 N–H and O–H groups in total. The van der Waals surface area contributed by atoms with Gasteiger partial charge in [-0.2, -0.15) is 0 Å². The number of hydrogen-bond acceptors (Lipinski definition) is 3. The molecule has 3 nitrogen and oxygen atoms in total. The maximum Gasteiger partial charge on any atom is -0.00131 e. The standard InChI is InChI=1S/C10H23N3/c1-2-13-7-4-10(9-12,3-6-11)5-8-13/h2-9,11-12H2,1H3. The van der Waals surface area contributed by atoms with Gasteiger partial charge in [-0.05, 0) is 57.4 Å². The first-order valence-corrected chi connectivity index (χ1v) is 5.39. The first-order chi connectivity index (χ1) is 6.26. The van der Waals surface area contributed by atoms with E-state index in [9.17, 15) is 0 Å². The second kappa shape index (κ2) is 4.94. The molecule has 0 saturated carbocycles. The van der Waals surface area contributed by atoms with E-state index in [-0.39, 0.29) is 0 Å². The topological polar surface area (TPSA) is 55.3 Å². The first kappa shape index (κ1) is 11.0. The van der Waals surface area contributed by atoms with Gasteiger partial charge in [0.05, 0.1) is 0 Å². The van der Waals surface area contributed by atoms with Gasteiger partial charge in [0.25, 0.3) is 0 Å². The first-order valence-electron chi connectivity index (χ1n) is 5.39. The molecule has 0 aromatic rings. The van der Waals surface area contributed by atoms with E-state index in [1.807, 2.05) is 0 Å². The molecule has 0 radical (unpaired) electrons. The summed E-state index contributed by atoms with van der Waals surface area (Å²) >= 11 is 0. The zero-order valence-corrected chi connectivity index (χ0v) is 8.76. The Kier molecular flexibility index (Phi) is 4.16. The Bertz CT molecular complexity index is 139. The van der Waals surface area contributed by atoms with Crippen LogP contribution in [-0.2, 0) is 0 Å². The maximum atomic E-state index is 5.84. The minimum absolute atomic E-state index is 0.362. The van der Waals surface area contributed by atoms with Gasteiger partial charge in [-0.1, -0.05) is 6.92 Å². The fraction of sp³-hybridized carbons (Fsp3) is 1.00. The Morgan fingerprint density at radius 2 is 1.85 bits per heavy atom. The molecule has 0 amide bonds. The van der Waals surface area contributed by atoms with Crippen LogP contribution in [0.2, 0.25) is 0 Å². The van der Waals surface area contributed by atoms with Gasteiger partial charge in [0, 0.05) is 0 Å². The quantitative estimate of drug-likeness (QED) is 0.666. The molecule has 1 heterocycles. The van der Waals surface area contributed by atoms with Gasteiger partial charge in [0.15, 0.2) is 0 Å². The largest absolute Gasteiger partial charge is 0.330 e. The monoisotopic (exact) mass is 185 g/mol. The highest BCUT2D eigenvalue weighted by atomic mass is 15.1. The smallest absolute Gasteiger partial charge is 0.00131 e. The molecule has 0 unspecified atom stereocenters. The minimum atomic E-state index is 0.362. The van der Waals surface area contributed by atoms with Crippen LogP contribution < -0.4 is 11.5 Å². The molecule has 0 aromatic carbocycles. The van der Waals surface area contributed by atoms with Crippen molar-refractivity contribution in [3.05, 3.63) is 0 Å². The highest BCUT2D eigenvalue weighted by molar-refractivity contribution is 4.86. The fourth-order valence-electron chi connectivity index (χ4n) is 2.21. The van der Waals surface area contributed by atoms with E-state index in [2.05, 4.69) is 11.8 Å². The van der Waals surface area contributed by atoms with Crippen molar-refractivity contribution in [3.8, 4) is 0 Å². The summed E-state index contributed by atoms with van der Waals surface area (Å²) in [5.74, 6) is 0. The third-order valence-corrected chi connectivity index (χ3v) is 3.47. The van der Waals surface area contributed by atoms with Gasteiger partial charge in [-0.25, -0.2) is 0 Å². The zero-order chi connectivity index (χ0) is 9.73. The van der Waals surface area contributed by atoms with Crippen molar-refractivity contribution in [2.24, 2.45) is 16.9 Å². The van der Waals surface area contributed by atoms with E-state index < -0.39 is 0 Å². The van der Waals surface area contributed by atoms with E-state index in [4.69, 9.17) is 11.5 Å². The number of hydrogen-bond donors (Lipinski definition) is 2. The molecule has 1 rings (SSSR count). The van der Waals surface area contributed by atoms with E-state index in [1.54, 1.807) is 0 Å². The van der Waals surface area contributed by atoms with Gasteiger partial charge in [0.2, 0.25) is 0 Å². The second-order valence-corrected chi connectivity index (χ2v) is 4.18. The number of piperidine rings is 1. The molecule has 0 aliphatic carbocycles. The van der Waals surface area contributed by atoms with Crippen LogP contribution in [0.5, 0.6) is 0 Å². The summed E-state index contributed by atoms with van der Waals surface area (Å²) in [5, 5.41) is 0. The molecular formula is C10H23N3. The van der Waals surface area contributed by atoms with E-state index >= 15 is 0 Å². The fourth-order valence-corrected chi connectivity index (χ4v) is 2.21. The predicted molar refractivity (Wildman–Crippen MR) is 56.5 cm³/mol. The summed E-state index contributed by atoms with van der Waals surface area (Å²) in [6, 6.07) is 0. The molecule has 1 fully saturated rings. The highest BCUT2D eigenvalue weighted by Gasteiger charge is 2.31. The number of nitrogens with zero attached hydrogens (tertiary/aromatic N) is 1. The van der Waals surface area contributed by atoms with Crippen LogP contribution in [0, 0.1) is 5.41 Å². The van der Waals surface area contributed by atoms with Gasteiger partial charge in [-0.15, -0.1) is 0 Å². The van der Waals surface area contributed by atoms with Crippen LogP contribution >= 0.6 is 0 Å². The van der Waals surface area contributed by atoms with Crippen LogP contribution in [0.25, 0.3) is 0 Å². The molecule has 13 heavy (non-hydrogen) atoms. The van der Waals surface area contributed by atoms with Crippen LogP contribution in [0.15, 0.2) is 0 Å². The highest BCUT2D eigenvalue weighted by Crippen LogP contribution is 2.33. The predicted octanol–water partition coefficient (Wildman–Crippen LogP) is 0.396. The van der Waals surface area contributed by atoms with Gasteiger partial charge >= 0.3 is 0 Å². The van der Waals surface area contributed by atoms with Crippen LogP contribution in [-0.4, -0.2) is 37.6 Å². The van der Waals surface area contributed by atoms with Gasteiger partial charge in [0.1, 0.15) is 0 Å². The molecule has 3 heteroatoms. The molecule has 0 bridgehead atoms. The Labute approximate surface area is 81.5 Å². The van der Waals surface area contributed by atoms with E-state index in [1.165, 1.54) is 32.5 Å². The van der Waals surface area contributed by atoms with Crippen LogP contribution in [0.3, 0.4) is 0 Å². The Balaban J connectivity index is 2.42. The summed E-state index contributed by atoms with van der Waals surface area (Å²) in [7, 11) is 0. The molecule has 0 spiro atoms. The van der Waals surface area contributed by atoms with Crippen molar-refractivity contribution in [1.82, 2.24) is 4.90 Å². The van der Waals surface area contributed by atoms with Crippen molar-refractivity contribution in [3.63, 3.8) is 0 Å². The lowest BCUT2D eigenvalue weighted by atomic mass is 9.76. The third kappa shape index (κ3) is 2.66. The summed E-state index contributed by atoms with van der Waals surface area (Å²) in [5.41, 5.74) is 11.8. The SMILES string of the molecule is CCN1CCC(CN)(CCN)CC1. The van der Waals surface area contributed by atoms with Crippen molar-refractivity contribution < 1.29 is 0 Å². The summed E-state index contributed by atoms with van der Waals surface area (Å²) < 4.78 is 0. The lowest BCUT2D eigenvalue weighted by Gasteiger charge is -2.40. The molecule has 1 aliphatic heterocycles. The average Bonchev–Trinajstić information content (AvgIpc) is 2.19. The molecule has 1 aliphatic rings. The summed E-state index contributed by atoms with van der Waals surface area (Å²) in [4.78, 5) is 2.49. The van der Waals surface area contributed by atoms with Crippen LogP contribution in [0.1, 0.15) is 26.2 Å². The molecule has 78 valence electrons. The number of nitrogens with two attached hydrogens (primary N) is 2. The zero-order valence-electron chi connectivity index (χ0n) is 8.76. The van der Waals surface area contributed by atoms with E-state index in [0.29, 0.717) is 5.41 Å². The Hall–Kier alpha value is -0.120. The molecule has 0 atom stereocenters. The lowest BCUT2D eigenvalue weighted by molar-refractivity contribution is 0.108. The van der Waals surface area contributed by atoms with Crippen molar-refractivity contribution in [1.29, 1.82) is 0 Å². The van der Waals surface area contributed by atoms with Crippen molar-refractivity contribution in [2.75, 3.05) is 32.7 Å². The second-order valence-electron chi connectivity index (χ2n) is 4.18.